The van der Waals surface area contributed by atoms with Crippen LogP contribution in [0, 0.1) is 17.3 Å². The van der Waals surface area contributed by atoms with Crippen LogP contribution in [0.2, 0.25) is 5.02 Å². The van der Waals surface area contributed by atoms with Gasteiger partial charge < -0.3 is 19.8 Å². The van der Waals surface area contributed by atoms with E-state index in [0.717, 1.165) is 17.2 Å². The number of methoxy groups -OCH3 is 1. The van der Waals surface area contributed by atoms with Crippen LogP contribution in [0.5, 0.6) is 5.88 Å². The standard InChI is InChI=1S/C32H35ClF6N4O4/c1-29(2,3)26-22(16-43(26)28(44)45)30(46,19-7-10-40-24(14-19)32(37,38)39)18-5-6-23-20(13-18)25(33)21(27(41-23)47-4)15-42-11-8-17(9-12-42)31(34,35)36/h5-7,10,13-14,17,22,26,46H,8-9,11-12,15-16H2,1-4H3,(H,44,45). The van der Waals surface area contributed by atoms with Crippen molar-refractivity contribution in [3.63, 3.8) is 0 Å². The lowest BCUT2D eigenvalue weighted by Gasteiger charge is -2.58. The zero-order valence-electron chi connectivity index (χ0n) is 26.1. The molecule has 15 heteroatoms. The second kappa shape index (κ2) is 12.3. The van der Waals surface area contributed by atoms with Gasteiger partial charge in [0.2, 0.25) is 5.88 Å². The summed E-state index contributed by atoms with van der Waals surface area (Å²) >= 11 is 6.94. The van der Waals surface area contributed by atoms with Crippen LogP contribution in [0.25, 0.3) is 10.9 Å². The van der Waals surface area contributed by atoms with Crippen LogP contribution in [-0.2, 0) is 18.3 Å². The Morgan fingerprint density at radius 2 is 1.68 bits per heavy atom. The lowest BCUT2D eigenvalue weighted by molar-refractivity contribution is -0.185. The summed E-state index contributed by atoms with van der Waals surface area (Å²) in [5, 5.41) is 23.0. The van der Waals surface area contributed by atoms with Crippen LogP contribution in [-0.4, -0.2) is 75.0 Å². The Morgan fingerprint density at radius 3 is 2.23 bits per heavy atom. The van der Waals surface area contributed by atoms with E-state index in [1.165, 1.54) is 31.4 Å². The van der Waals surface area contributed by atoms with Gasteiger partial charge in [0.1, 0.15) is 11.3 Å². The zero-order valence-corrected chi connectivity index (χ0v) is 26.8. The fraction of sp³-hybridized carbons (Fsp3) is 0.531. The normalized spacial score (nSPS) is 21.4. The lowest BCUT2D eigenvalue weighted by Crippen LogP contribution is -2.69. The molecule has 8 nitrogen and oxygen atoms in total. The smallest absolute Gasteiger partial charge is 0.433 e. The van der Waals surface area contributed by atoms with Crippen LogP contribution in [0.15, 0.2) is 36.5 Å². The number of halogens is 7. The first-order chi connectivity index (χ1) is 21.8. The molecule has 0 saturated carbocycles. The van der Waals surface area contributed by atoms with Gasteiger partial charge in [-0.1, -0.05) is 38.4 Å². The largest absolute Gasteiger partial charge is 0.481 e. The molecule has 3 aromatic rings. The van der Waals surface area contributed by atoms with E-state index in [0.29, 0.717) is 16.5 Å². The SMILES string of the molecule is COc1nc2ccc(C(O)(c3ccnc(C(F)(F)F)c3)C3CN(C(=O)O)C3C(C)(C)C)cc2c(Cl)c1CN1CCC(C(F)(F)F)CC1. The molecule has 0 aliphatic carbocycles. The number of carboxylic acid groups (broad SMARTS) is 1. The maximum absolute atomic E-state index is 13.8. The number of ether oxygens (including phenoxy) is 1. The first-order valence-electron chi connectivity index (χ1n) is 15.0. The van der Waals surface area contributed by atoms with Gasteiger partial charge in [-0.25, -0.2) is 9.78 Å². The summed E-state index contributed by atoms with van der Waals surface area (Å²) < 4.78 is 86.7. The molecular formula is C32H35ClF6N4O4. The molecule has 1 aromatic carbocycles. The zero-order chi connectivity index (χ0) is 34.7. The highest BCUT2D eigenvalue weighted by atomic mass is 35.5. The number of benzene rings is 1. The van der Waals surface area contributed by atoms with Crippen molar-refractivity contribution >= 4 is 28.6 Å². The van der Waals surface area contributed by atoms with Crippen molar-refractivity contribution in [3.8, 4) is 5.88 Å². The number of nitrogens with zero attached hydrogens (tertiary/aromatic N) is 4. The predicted molar refractivity (Wildman–Crippen MR) is 161 cm³/mol. The third kappa shape index (κ3) is 6.56. The number of pyridine rings is 2. The number of rotatable bonds is 6. The van der Waals surface area contributed by atoms with Gasteiger partial charge in [0.15, 0.2) is 0 Å². The maximum atomic E-state index is 13.8. The quantitative estimate of drug-likeness (QED) is 0.262. The molecule has 2 N–H and O–H groups in total. The van der Waals surface area contributed by atoms with Gasteiger partial charge in [-0.2, -0.15) is 26.3 Å². The monoisotopic (exact) mass is 688 g/mol. The Bertz CT molecular complexity index is 1660. The van der Waals surface area contributed by atoms with Crippen molar-refractivity contribution in [2.45, 2.75) is 64.2 Å². The van der Waals surface area contributed by atoms with Crippen molar-refractivity contribution < 1.29 is 46.1 Å². The average Bonchev–Trinajstić information content (AvgIpc) is 2.96. The van der Waals surface area contributed by atoms with E-state index in [4.69, 9.17) is 16.3 Å². The highest BCUT2D eigenvalue weighted by Gasteiger charge is 2.58. The van der Waals surface area contributed by atoms with Gasteiger partial charge in [-0.15, -0.1) is 0 Å². The highest BCUT2D eigenvalue weighted by Crippen LogP contribution is 2.51. The average molecular weight is 689 g/mol. The predicted octanol–water partition coefficient (Wildman–Crippen LogP) is 7.35. The van der Waals surface area contributed by atoms with E-state index < -0.39 is 53.0 Å². The van der Waals surface area contributed by atoms with E-state index in [1.54, 1.807) is 20.8 Å². The molecule has 0 bridgehead atoms. The Morgan fingerprint density at radius 1 is 1.04 bits per heavy atom. The van der Waals surface area contributed by atoms with Crippen molar-refractivity contribution in [1.82, 2.24) is 19.8 Å². The number of alkyl halides is 6. The Balaban J connectivity index is 1.63. The fourth-order valence-electron chi connectivity index (χ4n) is 6.98. The van der Waals surface area contributed by atoms with Crippen molar-refractivity contribution in [2.24, 2.45) is 17.3 Å². The molecule has 2 aliphatic rings. The highest BCUT2D eigenvalue weighted by molar-refractivity contribution is 6.36. The topological polar surface area (TPSA) is 99.0 Å². The minimum Gasteiger partial charge on any atom is -0.481 e. The molecule has 2 fully saturated rings. The summed E-state index contributed by atoms with van der Waals surface area (Å²) in [6.45, 7) is 5.65. The number of aliphatic hydroxyl groups is 1. The number of carbonyl (C=O) groups is 1. The van der Waals surface area contributed by atoms with E-state index in [1.807, 2.05) is 4.90 Å². The first kappa shape index (κ1) is 35.0. The molecule has 2 aromatic heterocycles. The Hall–Kier alpha value is -3.36. The van der Waals surface area contributed by atoms with Crippen LogP contribution >= 0.6 is 11.6 Å². The summed E-state index contributed by atoms with van der Waals surface area (Å²) in [7, 11) is 1.39. The first-order valence-corrected chi connectivity index (χ1v) is 15.4. The van der Waals surface area contributed by atoms with Crippen LogP contribution in [0.3, 0.4) is 0 Å². The lowest BCUT2D eigenvalue weighted by atomic mass is 9.62. The Kier molecular flexibility index (Phi) is 9.12. The van der Waals surface area contributed by atoms with Crippen molar-refractivity contribution in [3.05, 3.63) is 63.9 Å². The molecule has 2 aliphatic heterocycles. The molecule has 256 valence electrons. The number of hydrogen-bond donors (Lipinski definition) is 2. The van der Waals surface area contributed by atoms with Crippen LogP contribution < -0.4 is 4.74 Å². The molecule has 3 atom stereocenters. The molecule has 5 rings (SSSR count). The molecule has 1 amide bonds. The van der Waals surface area contributed by atoms with Crippen molar-refractivity contribution in [1.29, 1.82) is 0 Å². The molecule has 0 spiro atoms. The van der Waals surface area contributed by atoms with E-state index in [2.05, 4.69) is 9.97 Å². The summed E-state index contributed by atoms with van der Waals surface area (Å²) in [5.41, 5.74) is -3.30. The molecule has 47 heavy (non-hydrogen) atoms. The minimum atomic E-state index is -4.82. The van der Waals surface area contributed by atoms with Gasteiger partial charge in [0.05, 0.1) is 23.6 Å². The molecular weight excluding hydrogens is 654 g/mol. The van der Waals surface area contributed by atoms with Crippen LogP contribution in [0.1, 0.15) is 56.0 Å². The fourth-order valence-corrected chi connectivity index (χ4v) is 7.27. The second-order valence-corrected chi connectivity index (χ2v) is 13.7. The summed E-state index contributed by atoms with van der Waals surface area (Å²) in [6.07, 6.45) is -9.51. The van der Waals surface area contributed by atoms with Gasteiger partial charge >= 0.3 is 18.4 Å². The molecule has 0 radical (unpaired) electrons. The Labute approximate surface area is 272 Å². The number of likely N-dealkylation sites (tertiary alicyclic amines) is 2. The summed E-state index contributed by atoms with van der Waals surface area (Å²) in [4.78, 5) is 23.1. The van der Waals surface area contributed by atoms with Crippen molar-refractivity contribution in [2.75, 3.05) is 26.7 Å². The van der Waals surface area contributed by atoms with Gasteiger partial charge in [-0.05, 0) is 66.7 Å². The number of aromatic nitrogens is 2. The third-order valence-electron chi connectivity index (χ3n) is 9.31. The van der Waals surface area contributed by atoms with Crippen LogP contribution in [0.4, 0.5) is 31.1 Å². The van der Waals surface area contributed by atoms with Gasteiger partial charge in [-0.3, -0.25) is 9.88 Å². The third-order valence-corrected chi connectivity index (χ3v) is 9.75. The van der Waals surface area contributed by atoms with E-state index >= 15 is 0 Å². The van der Waals surface area contributed by atoms with Gasteiger partial charge in [0, 0.05) is 42.2 Å². The van der Waals surface area contributed by atoms with E-state index in [9.17, 15) is 41.4 Å². The van der Waals surface area contributed by atoms with E-state index in [-0.39, 0.29) is 61.1 Å². The maximum Gasteiger partial charge on any atom is 0.433 e. The minimum absolute atomic E-state index is 0.0723. The van der Waals surface area contributed by atoms with Gasteiger partial charge in [0.25, 0.3) is 0 Å². The molecule has 2 saturated heterocycles. The molecule has 4 heterocycles. The summed E-state index contributed by atoms with van der Waals surface area (Å²) in [5.74, 6) is -2.10. The summed E-state index contributed by atoms with van der Waals surface area (Å²) in [6, 6.07) is 5.80. The number of amides is 1. The number of hydrogen-bond acceptors (Lipinski definition) is 6. The second-order valence-electron chi connectivity index (χ2n) is 13.3. The number of piperidine rings is 1. The number of fused-ring (bicyclic) bond motifs is 1. The molecule has 3 unspecified atom stereocenters.